The van der Waals surface area contributed by atoms with Crippen LogP contribution in [0.1, 0.15) is 5.56 Å². The lowest BCUT2D eigenvalue weighted by Crippen LogP contribution is -2.00. The minimum atomic E-state index is 0.191. The molecule has 126 valence electrons. The van der Waals surface area contributed by atoms with E-state index in [1.54, 1.807) is 0 Å². The molecular weight excluding hydrogens is 322 g/mol. The quantitative estimate of drug-likeness (QED) is 0.577. The molecule has 4 heteroatoms. The smallest absolute Gasteiger partial charge is 0.167 e. The van der Waals surface area contributed by atoms with Crippen LogP contribution in [0.15, 0.2) is 78.9 Å². The summed E-state index contributed by atoms with van der Waals surface area (Å²) in [4.78, 5) is 13.9. The van der Waals surface area contributed by atoms with Crippen LogP contribution in [0.2, 0.25) is 0 Å². The fraction of sp³-hybridized carbons (Fsp3) is 0.0455. The maximum absolute atomic E-state index is 10.5. The van der Waals surface area contributed by atoms with Crippen LogP contribution >= 0.6 is 0 Å². The fourth-order valence-corrected chi connectivity index (χ4v) is 2.77. The fourth-order valence-electron chi connectivity index (χ4n) is 2.77. The molecule has 0 saturated heterocycles. The second-order valence-corrected chi connectivity index (χ2v) is 6.01. The Labute approximate surface area is 151 Å². The summed E-state index contributed by atoms with van der Waals surface area (Å²) in [6, 6.07) is 25.1. The van der Waals surface area contributed by atoms with E-state index in [0.717, 1.165) is 16.7 Å². The molecule has 1 N–H and O–H groups in total. The van der Waals surface area contributed by atoms with Crippen molar-refractivity contribution < 1.29 is 5.11 Å². The molecule has 4 aromatic rings. The van der Waals surface area contributed by atoms with E-state index in [9.17, 15) is 5.11 Å². The zero-order valence-electron chi connectivity index (χ0n) is 14.3. The van der Waals surface area contributed by atoms with Crippen molar-refractivity contribution in [2.45, 2.75) is 6.92 Å². The standard InChI is InChI=1S/C22H17N3O/c1-15-9-8-14-18(19(15)26)22-24-20(16-10-4-2-5-11-16)23-21(25-22)17-12-6-3-7-13-17/h2-14,26H,1H3. The van der Waals surface area contributed by atoms with Crippen molar-refractivity contribution in [2.75, 3.05) is 0 Å². The summed E-state index contributed by atoms with van der Waals surface area (Å²) >= 11 is 0. The molecule has 1 heterocycles. The summed E-state index contributed by atoms with van der Waals surface area (Å²) in [6.07, 6.45) is 0. The van der Waals surface area contributed by atoms with Gasteiger partial charge in [0.25, 0.3) is 0 Å². The Hall–Kier alpha value is -3.53. The van der Waals surface area contributed by atoms with E-state index >= 15 is 0 Å². The molecule has 26 heavy (non-hydrogen) atoms. The van der Waals surface area contributed by atoms with Crippen LogP contribution in [-0.2, 0) is 0 Å². The normalized spacial score (nSPS) is 10.7. The van der Waals surface area contributed by atoms with Crippen LogP contribution in [-0.4, -0.2) is 20.1 Å². The van der Waals surface area contributed by atoms with Crippen molar-refractivity contribution in [1.82, 2.24) is 15.0 Å². The maximum Gasteiger partial charge on any atom is 0.167 e. The lowest BCUT2D eigenvalue weighted by atomic mass is 10.1. The number of nitrogens with zero attached hydrogens (tertiary/aromatic N) is 3. The monoisotopic (exact) mass is 339 g/mol. The van der Waals surface area contributed by atoms with Crippen molar-refractivity contribution in [3.63, 3.8) is 0 Å². The Morgan fingerprint density at radius 3 is 1.62 bits per heavy atom. The van der Waals surface area contributed by atoms with E-state index in [1.165, 1.54) is 0 Å². The Kier molecular flexibility index (Phi) is 4.15. The molecule has 0 unspecified atom stereocenters. The molecule has 0 saturated carbocycles. The highest BCUT2D eigenvalue weighted by molar-refractivity contribution is 5.70. The highest BCUT2D eigenvalue weighted by Crippen LogP contribution is 2.31. The highest BCUT2D eigenvalue weighted by Gasteiger charge is 2.15. The SMILES string of the molecule is Cc1cccc(-c2nc(-c3ccccc3)nc(-c3ccccc3)n2)c1O. The van der Waals surface area contributed by atoms with Crippen LogP contribution < -0.4 is 0 Å². The second kappa shape index (κ2) is 6.76. The molecular formula is C22H17N3O. The van der Waals surface area contributed by atoms with Gasteiger partial charge < -0.3 is 5.11 Å². The average Bonchev–Trinajstić information content (AvgIpc) is 2.71. The second-order valence-electron chi connectivity index (χ2n) is 6.01. The number of aromatic nitrogens is 3. The van der Waals surface area contributed by atoms with Crippen molar-refractivity contribution in [2.24, 2.45) is 0 Å². The van der Waals surface area contributed by atoms with Crippen molar-refractivity contribution in [1.29, 1.82) is 0 Å². The Morgan fingerprint density at radius 2 is 1.08 bits per heavy atom. The van der Waals surface area contributed by atoms with Crippen LogP contribution in [0.3, 0.4) is 0 Å². The zero-order chi connectivity index (χ0) is 17.9. The number of phenolic OH excluding ortho intramolecular Hbond substituents is 1. The van der Waals surface area contributed by atoms with E-state index in [2.05, 4.69) is 15.0 Å². The topological polar surface area (TPSA) is 58.9 Å². The van der Waals surface area contributed by atoms with Gasteiger partial charge in [-0.05, 0) is 18.6 Å². The van der Waals surface area contributed by atoms with Crippen LogP contribution in [0.25, 0.3) is 34.2 Å². The number of para-hydroxylation sites is 1. The molecule has 0 aliphatic heterocycles. The minimum Gasteiger partial charge on any atom is -0.507 e. The van der Waals surface area contributed by atoms with Crippen molar-refractivity contribution in [3.05, 3.63) is 84.4 Å². The molecule has 4 nitrogen and oxygen atoms in total. The van der Waals surface area contributed by atoms with Gasteiger partial charge in [-0.1, -0.05) is 72.8 Å². The van der Waals surface area contributed by atoms with Gasteiger partial charge in [0.1, 0.15) is 5.75 Å². The van der Waals surface area contributed by atoms with Gasteiger partial charge in [-0.15, -0.1) is 0 Å². The van der Waals surface area contributed by atoms with Gasteiger partial charge in [0.05, 0.1) is 5.56 Å². The summed E-state index contributed by atoms with van der Waals surface area (Å²) < 4.78 is 0. The van der Waals surface area contributed by atoms with Crippen LogP contribution in [0, 0.1) is 6.92 Å². The third-order valence-corrected chi connectivity index (χ3v) is 4.18. The lowest BCUT2D eigenvalue weighted by molar-refractivity contribution is 0.472. The molecule has 0 bridgehead atoms. The first-order valence-corrected chi connectivity index (χ1v) is 8.38. The largest absolute Gasteiger partial charge is 0.507 e. The summed E-state index contributed by atoms with van der Waals surface area (Å²) in [5, 5.41) is 10.5. The van der Waals surface area contributed by atoms with E-state index < -0.39 is 0 Å². The molecule has 0 aliphatic carbocycles. The first kappa shape index (κ1) is 16.0. The first-order chi connectivity index (χ1) is 12.7. The zero-order valence-corrected chi connectivity index (χ0v) is 14.3. The van der Waals surface area contributed by atoms with Crippen LogP contribution in [0.5, 0.6) is 5.75 Å². The van der Waals surface area contributed by atoms with Gasteiger partial charge in [-0.3, -0.25) is 0 Å². The number of hydrogen-bond acceptors (Lipinski definition) is 4. The van der Waals surface area contributed by atoms with E-state index in [4.69, 9.17) is 0 Å². The van der Waals surface area contributed by atoms with E-state index in [0.29, 0.717) is 23.0 Å². The predicted molar refractivity (Wildman–Crippen MR) is 103 cm³/mol. The van der Waals surface area contributed by atoms with Crippen LogP contribution in [0.4, 0.5) is 0 Å². The Balaban J connectivity index is 1.95. The highest BCUT2D eigenvalue weighted by atomic mass is 16.3. The average molecular weight is 339 g/mol. The van der Waals surface area contributed by atoms with Gasteiger partial charge in [0.15, 0.2) is 17.5 Å². The van der Waals surface area contributed by atoms with Gasteiger partial charge in [-0.25, -0.2) is 15.0 Å². The Morgan fingerprint density at radius 1 is 0.577 bits per heavy atom. The van der Waals surface area contributed by atoms with Crippen molar-refractivity contribution in [3.8, 4) is 39.9 Å². The number of aryl methyl sites for hydroxylation is 1. The maximum atomic E-state index is 10.5. The molecule has 0 spiro atoms. The summed E-state index contributed by atoms with van der Waals surface area (Å²) in [5.41, 5.74) is 3.19. The van der Waals surface area contributed by atoms with Crippen molar-refractivity contribution >= 4 is 0 Å². The summed E-state index contributed by atoms with van der Waals surface area (Å²) in [6.45, 7) is 1.86. The Bertz CT molecular complexity index is 990. The number of rotatable bonds is 3. The third kappa shape index (κ3) is 3.05. The molecule has 0 radical (unpaired) electrons. The lowest BCUT2D eigenvalue weighted by Gasteiger charge is -2.10. The molecule has 0 atom stereocenters. The third-order valence-electron chi connectivity index (χ3n) is 4.18. The molecule has 0 aliphatic rings. The number of phenols is 1. The van der Waals surface area contributed by atoms with E-state index in [-0.39, 0.29) is 5.75 Å². The molecule has 0 fully saturated rings. The van der Waals surface area contributed by atoms with Gasteiger partial charge in [-0.2, -0.15) is 0 Å². The number of aromatic hydroxyl groups is 1. The summed E-state index contributed by atoms with van der Waals surface area (Å²) in [5.74, 6) is 1.81. The van der Waals surface area contributed by atoms with Gasteiger partial charge in [0.2, 0.25) is 0 Å². The predicted octanol–water partition coefficient (Wildman–Crippen LogP) is 4.89. The number of hydrogen-bond donors (Lipinski definition) is 1. The van der Waals surface area contributed by atoms with Gasteiger partial charge >= 0.3 is 0 Å². The van der Waals surface area contributed by atoms with Gasteiger partial charge in [0, 0.05) is 11.1 Å². The molecule has 3 aromatic carbocycles. The first-order valence-electron chi connectivity index (χ1n) is 8.38. The number of benzene rings is 3. The minimum absolute atomic E-state index is 0.191. The molecule has 0 amide bonds. The molecule has 4 rings (SSSR count). The molecule has 1 aromatic heterocycles. The summed E-state index contributed by atoms with van der Waals surface area (Å²) in [7, 11) is 0. The van der Waals surface area contributed by atoms with E-state index in [1.807, 2.05) is 85.8 Å².